The zero-order valence-corrected chi connectivity index (χ0v) is 20.6. The highest BCUT2D eigenvalue weighted by atomic mass is 35.5. The summed E-state index contributed by atoms with van der Waals surface area (Å²) in [7, 11) is -2.45. The second-order valence-corrected chi connectivity index (χ2v) is 10.1. The van der Waals surface area contributed by atoms with Crippen LogP contribution in [0, 0.1) is 13.8 Å². The Bertz CT molecular complexity index is 1240. The van der Waals surface area contributed by atoms with Gasteiger partial charge in [0.25, 0.3) is 10.0 Å². The molecule has 0 aliphatic rings. The van der Waals surface area contributed by atoms with Crippen LogP contribution in [-0.4, -0.2) is 28.0 Å². The molecule has 3 rings (SSSR count). The fourth-order valence-electron chi connectivity index (χ4n) is 3.56. The topological polar surface area (TPSA) is 75.7 Å². The molecular weight excluding hydrogens is 460 g/mol. The zero-order chi connectivity index (χ0) is 24.2. The molecule has 0 saturated carbocycles. The summed E-state index contributed by atoms with van der Waals surface area (Å²) in [5.74, 6) is 0.196. The summed E-state index contributed by atoms with van der Waals surface area (Å²) in [6, 6.07) is 18.4. The Morgan fingerprint density at radius 1 is 1.06 bits per heavy atom. The Kier molecular flexibility index (Phi) is 7.66. The second kappa shape index (κ2) is 10.3. The number of rotatable bonds is 8. The SMILES string of the molecule is COc1ccccc1[C@H](C)NC(=O)CN(c1ccc(Cl)cc1C)S(=O)(=O)c1ccc(C)cc1. The molecule has 0 fully saturated rings. The standard InChI is InChI=1S/C25H27ClN2O4S/c1-17-9-12-21(13-10-17)33(30,31)28(23-14-11-20(26)15-18(23)2)16-25(29)27-19(3)22-7-5-6-8-24(22)32-4/h5-15,19H,16H2,1-4H3,(H,27,29)/t19-/m0/s1. The molecule has 0 aliphatic carbocycles. The van der Waals surface area contributed by atoms with Crippen LogP contribution >= 0.6 is 11.6 Å². The lowest BCUT2D eigenvalue weighted by Crippen LogP contribution is -2.42. The Morgan fingerprint density at radius 2 is 1.73 bits per heavy atom. The maximum Gasteiger partial charge on any atom is 0.264 e. The number of halogens is 1. The molecule has 0 aromatic heterocycles. The van der Waals surface area contributed by atoms with Gasteiger partial charge < -0.3 is 10.1 Å². The average molecular weight is 487 g/mol. The van der Waals surface area contributed by atoms with Gasteiger partial charge in [0.2, 0.25) is 5.91 Å². The number of sulfonamides is 1. The Balaban J connectivity index is 1.94. The number of para-hydroxylation sites is 1. The molecule has 3 aromatic rings. The maximum absolute atomic E-state index is 13.6. The minimum Gasteiger partial charge on any atom is -0.496 e. The van der Waals surface area contributed by atoms with E-state index in [1.165, 1.54) is 12.1 Å². The molecule has 0 heterocycles. The minimum absolute atomic E-state index is 0.105. The molecule has 1 amide bonds. The number of methoxy groups -OCH3 is 1. The lowest BCUT2D eigenvalue weighted by molar-refractivity contribution is -0.120. The summed E-state index contributed by atoms with van der Waals surface area (Å²) in [6.07, 6.45) is 0. The van der Waals surface area contributed by atoms with E-state index in [9.17, 15) is 13.2 Å². The van der Waals surface area contributed by atoms with Crippen LogP contribution in [0.2, 0.25) is 5.02 Å². The fourth-order valence-corrected chi connectivity index (χ4v) is 5.27. The highest BCUT2D eigenvalue weighted by Crippen LogP contribution is 2.29. The van der Waals surface area contributed by atoms with Crippen LogP contribution in [0.3, 0.4) is 0 Å². The van der Waals surface area contributed by atoms with Crippen LogP contribution in [0.25, 0.3) is 0 Å². The molecule has 8 heteroatoms. The van der Waals surface area contributed by atoms with Crippen LogP contribution in [-0.2, 0) is 14.8 Å². The molecular formula is C25H27ClN2O4S. The number of carbonyl (C=O) groups is 1. The average Bonchev–Trinajstić information content (AvgIpc) is 2.78. The van der Waals surface area contributed by atoms with E-state index in [2.05, 4.69) is 5.32 Å². The van der Waals surface area contributed by atoms with Gasteiger partial charge in [-0.15, -0.1) is 0 Å². The molecule has 0 spiro atoms. The first-order chi connectivity index (χ1) is 15.6. The normalized spacial score (nSPS) is 12.2. The van der Waals surface area contributed by atoms with Gasteiger partial charge in [-0.05, 0) is 62.7 Å². The molecule has 1 atom stereocenters. The number of anilines is 1. The van der Waals surface area contributed by atoms with E-state index in [4.69, 9.17) is 16.3 Å². The number of ether oxygens (including phenoxy) is 1. The van der Waals surface area contributed by atoms with Gasteiger partial charge in [-0.25, -0.2) is 8.42 Å². The Morgan fingerprint density at radius 3 is 2.36 bits per heavy atom. The zero-order valence-electron chi connectivity index (χ0n) is 19.0. The number of nitrogens with one attached hydrogen (secondary N) is 1. The van der Waals surface area contributed by atoms with Crippen molar-refractivity contribution in [2.75, 3.05) is 18.0 Å². The first kappa shape index (κ1) is 24.6. The van der Waals surface area contributed by atoms with Crippen molar-refractivity contribution in [1.29, 1.82) is 0 Å². The van der Waals surface area contributed by atoms with E-state index in [-0.39, 0.29) is 10.9 Å². The van der Waals surface area contributed by atoms with Gasteiger partial charge >= 0.3 is 0 Å². The van der Waals surface area contributed by atoms with Crippen molar-refractivity contribution in [3.63, 3.8) is 0 Å². The number of hydrogen-bond donors (Lipinski definition) is 1. The van der Waals surface area contributed by atoms with Gasteiger partial charge in [0.05, 0.1) is 23.7 Å². The molecule has 0 bridgehead atoms. The van der Waals surface area contributed by atoms with Gasteiger partial charge in [0, 0.05) is 10.6 Å². The number of benzene rings is 3. The highest BCUT2D eigenvalue weighted by molar-refractivity contribution is 7.92. The maximum atomic E-state index is 13.6. The summed E-state index contributed by atoms with van der Waals surface area (Å²) in [4.78, 5) is 13.1. The number of carbonyl (C=O) groups excluding carboxylic acids is 1. The third kappa shape index (κ3) is 5.67. The molecule has 0 radical (unpaired) electrons. The summed E-state index contributed by atoms with van der Waals surface area (Å²) < 4.78 is 33.6. The Labute approximate surface area is 200 Å². The van der Waals surface area contributed by atoms with E-state index in [1.54, 1.807) is 44.4 Å². The summed E-state index contributed by atoms with van der Waals surface area (Å²) >= 11 is 6.08. The predicted octanol–water partition coefficient (Wildman–Crippen LogP) is 5.04. The molecule has 6 nitrogen and oxygen atoms in total. The van der Waals surface area contributed by atoms with Crippen molar-refractivity contribution in [1.82, 2.24) is 5.32 Å². The molecule has 1 N–H and O–H groups in total. The third-order valence-electron chi connectivity index (χ3n) is 5.31. The van der Waals surface area contributed by atoms with E-state index in [0.717, 1.165) is 15.4 Å². The minimum atomic E-state index is -4.01. The van der Waals surface area contributed by atoms with E-state index in [0.29, 0.717) is 22.0 Å². The van der Waals surface area contributed by atoms with Gasteiger partial charge in [-0.3, -0.25) is 9.10 Å². The second-order valence-electron chi connectivity index (χ2n) is 7.79. The number of hydrogen-bond acceptors (Lipinski definition) is 4. The van der Waals surface area contributed by atoms with Crippen molar-refractivity contribution >= 4 is 33.2 Å². The van der Waals surface area contributed by atoms with Gasteiger partial charge in [-0.2, -0.15) is 0 Å². The van der Waals surface area contributed by atoms with Gasteiger partial charge in [0.1, 0.15) is 12.3 Å². The monoisotopic (exact) mass is 486 g/mol. The van der Waals surface area contributed by atoms with E-state index >= 15 is 0 Å². The van der Waals surface area contributed by atoms with Crippen LogP contribution in [0.4, 0.5) is 5.69 Å². The fraction of sp³-hybridized carbons (Fsp3) is 0.240. The molecule has 33 heavy (non-hydrogen) atoms. The van der Waals surface area contributed by atoms with Crippen molar-refractivity contribution in [2.24, 2.45) is 0 Å². The largest absolute Gasteiger partial charge is 0.496 e. The summed E-state index contributed by atoms with van der Waals surface area (Å²) in [5.41, 5.74) is 2.76. The third-order valence-corrected chi connectivity index (χ3v) is 7.32. The first-order valence-corrected chi connectivity index (χ1v) is 12.2. The molecule has 3 aromatic carbocycles. The van der Waals surface area contributed by atoms with Crippen molar-refractivity contribution in [3.05, 3.63) is 88.4 Å². The summed E-state index contributed by atoms with van der Waals surface area (Å²) in [6.45, 7) is 5.07. The van der Waals surface area contributed by atoms with Crippen molar-refractivity contribution in [2.45, 2.75) is 31.7 Å². The number of aryl methyl sites for hydroxylation is 2. The molecule has 174 valence electrons. The molecule has 0 unspecified atom stereocenters. The lowest BCUT2D eigenvalue weighted by Gasteiger charge is -2.27. The predicted molar refractivity (Wildman–Crippen MR) is 131 cm³/mol. The van der Waals surface area contributed by atoms with Gasteiger partial charge in [0.15, 0.2) is 0 Å². The Hall–Kier alpha value is -3.03. The quantitative estimate of drug-likeness (QED) is 0.484. The smallest absolute Gasteiger partial charge is 0.264 e. The van der Waals surface area contributed by atoms with E-state index in [1.807, 2.05) is 38.1 Å². The first-order valence-electron chi connectivity index (χ1n) is 10.4. The summed E-state index contributed by atoms with van der Waals surface area (Å²) in [5, 5.41) is 3.37. The van der Waals surface area contributed by atoms with E-state index < -0.39 is 22.5 Å². The molecule has 0 saturated heterocycles. The van der Waals surface area contributed by atoms with Gasteiger partial charge in [-0.1, -0.05) is 47.5 Å². The van der Waals surface area contributed by atoms with Crippen LogP contribution in [0.15, 0.2) is 71.6 Å². The van der Waals surface area contributed by atoms with Crippen LogP contribution in [0.5, 0.6) is 5.75 Å². The molecule has 0 aliphatic heterocycles. The van der Waals surface area contributed by atoms with Crippen molar-refractivity contribution in [3.8, 4) is 5.75 Å². The van der Waals surface area contributed by atoms with Crippen LogP contribution < -0.4 is 14.4 Å². The van der Waals surface area contributed by atoms with Crippen LogP contribution in [0.1, 0.15) is 29.7 Å². The lowest BCUT2D eigenvalue weighted by atomic mass is 10.1. The highest BCUT2D eigenvalue weighted by Gasteiger charge is 2.29. The van der Waals surface area contributed by atoms with Crippen molar-refractivity contribution < 1.29 is 17.9 Å². The number of amides is 1. The number of nitrogens with zero attached hydrogens (tertiary/aromatic N) is 1.